The van der Waals surface area contributed by atoms with Gasteiger partial charge in [0.2, 0.25) is 0 Å². The number of alkyl halides is 8. The lowest BCUT2D eigenvalue weighted by atomic mass is 10.2. The van der Waals surface area contributed by atoms with Gasteiger partial charge >= 0.3 is 30.3 Å². The molecule has 12 heteroatoms. The molecular weight excluding hydrogens is 294 g/mol. The minimum absolute atomic E-state index is 2.29. The third-order valence-electron chi connectivity index (χ3n) is 1.68. The monoisotopic (exact) mass is 294 g/mol. The van der Waals surface area contributed by atoms with E-state index in [9.17, 15) is 43.9 Å². The Kier molecular flexibility index (Phi) is 3.01. The van der Waals surface area contributed by atoms with Gasteiger partial charge in [0.15, 0.2) is 0 Å². The summed E-state index contributed by atoms with van der Waals surface area (Å²) in [6.45, 7) is 0. The van der Waals surface area contributed by atoms with E-state index in [1.165, 1.54) is 0 Å². The van der Waals surface area contributed by atoms with E-state index in [4.69, 9.17) is 0 Å². The Morgan fingerprint density at radius 1 is 0.833 bits per heavy atom. The lowest BCUT2D eigenvalue weighted by Crippen LogP contribution is -2.64. The van der Waals surface area contributed by atoms with Gasteiger partial charge in [-0.2, -0.15) is 43.9 Å². The first-order chi connectivity index (χ1) is 7.75. The molecule has 0 N–H and O–H groups in total. The largest absolute Gasteiger partial charge is 0.465 e. The van der Waals surface area contributed by atoms with Crippen LogP contribution in [0.1, 0.15) is 0 Å². The maximum Gasteiger partial charge on any atom is 0.465 e. The Bertz CT molecular complexity index is 363. The number of halogens is 10. The molecule has 0 aromatic carbocycles. The first-order valence-electron chi connectivity index (χ1n) is 3.71. The van der Waals surface area contributed by atoms with Gasteiger partial charge in [-0.25, -0.2) is 0 Å². The molecule has 18 heavy (non-hydrogen) atoms. The van der Waals surface area contributed by atoms with E-state index >= 15 is 0 Å². The lowest BCUT2D eigenvalue weighted by molar-refractivity contribution is -0.514. The van der Waals surface area contributed by atoms with Crippen LogP contribution in [0.2, 0.25) is 0 Å². The van der Waals surface area contributed by atoms with Gasteiger partial charge < -0.3 is 4.74 Å². The topological polar surface area (TPSA) is 18.5 Å². The Morgan fingerprint density at radius 2 is 1.22 bits per heavy atom. The van der Waals surface area contributed by atoms with Crippen LogP contribution in [0.25, 0.3) is 0 Å². The summed E-state index contributed by atoms with van der Waals surface area (Å²) >= 11 is 0. The standard InChI is InChI=1S/C6F10O2/c7-1-2(8)17-4(5(11,12)13,6(14,15)16)18-3(1,9)10. The van der Waals surface area contributed by atoms with Crippen LogP contribution in [0.5, 0.6) is 0 Å². The molecule has 106 valence electrons. The van der Waals surface area contributed by atoms with Crippen molar-refractivity contribution in [2.24, 2.45) is 0 Å². The molecule has 1 rings (SSSR count). The van der Waals surface area contributed by atoms with Crippen LogP contribution < -0.4 is 0 Å². The van der Waals surface area contributed by atoms with Crippen LogP contribution >= 0.6 is 0 Å². The Hall–Kier alpha value is -1.20. The number of rotatable bonds is 0. The van der Waals surface area contributed by atoms with Gasteiger partial charge in [0.25, 0.3) is 5.83 Å². The van der Waals surface area contributed by atoms with E-state index in [0.717, 1.165) is 0 Å². The third kappa shape index (κ3) is 1.97. The van der Waals surface area contributed by atoms with Crippen molar-refractivity contribution in [1.29, 1.82) is 0 Å². The first kappa shape index (κ1) is 14.9. The van der Waals surface area contributed by atoms with E-state index in [-0.39, 0.29) is 0 Å². The minimum atomic E-state index is -6.62. The van der Waals surface area contributed by atoms with Crippen molar-refractivity contribution < 1.29 is 53.4 Å². The van der Waals surface area contributed by atoms with Gasteiger partial charge in [-0.05, 0) is 0 Å². The second-order valence-corrected chi connectivity index (χ2v) is 2.92. The Balaban J connectivity index is 3.45. The van der Waals surface area contributed by atoms with Crippen LogP contribution in [0.3, 0.4) is 0 Å². The van der Waals surface area contributed by atoms with Crippen LogP contribution in [0.15, 0.2) is 11.8 Å². The molecule has 0 saturated carbocycles. The zero-order valence-electron chi connectivity index (χ0n) is 7.60. The fourth-order valence-corrected chi connectivity index (χ4v) is 0.924. The molecule has 0 unspecified atom stereocenters. The van der Waals surface area contributed by atoms with E-state index in [1.54, 1.807) is 0 Å². The maximum atomic E-state index is 12.4. The smallest absolute Gasteiger partial charge is 0.419 e. The van der Waals surface area contributed by atoms with Crippen molar-refractivity contribution >= 4 is 0 Å². The van der Waals surface area contributed by atoms with Gasteiger partial charge in [-0.3, -0.25) is 4.74 Å². The van der Waals surface area contributed by atoms with Crippen molar-refractivity contribution in [2.45, 2.75) is 24.2 Å². The summed E-state index contributed by atoms with van der Waals surface area (Å²) in [7, 11) is 0. The van der Waals surface area contributed by atoms with E-state index in [0.29, 0.717) is 0 Å². The molecule has 0 fully saturated rings. The SMILES string of the molecule is FC1=C(F)C(F)(F)OC(C(F)(F)F)(C(F)(F)F)O1. The molecule has 2 nitrogen and oxygen atoms in total. The highest BCUT2D eigenvalue weighted by Gasteiger charge is 2.81. The number of ether oxygens (including phenoxy) is 2. The van der Waals surface area contributed by atoms with Crippen LogP contribution in [-0.4, -0.2) is 24.2 Å². The average Bonchev–Trinajstić information content (AvgIpc) is 2.09. The summed E-state index contributed by atoms with van der Waals surface area (Å²) in [6, 6.07) is -3.36. The third-order valence-corrected chi connectivity index (χ3v) is 1.68. The molecule has 1 aliphatic rings. The second-order valence-electron chi connectivity index (χ2n) is 2.92. The summed E-state index contributed by atoms with van der Waals surface area (Å²) in [5.41, 5.74) is 0. The predicted molar refractivity (Wildman–Crippen MR) is 31.2 cm³/mol. The molecule has 0 bridgehead atoms. The molecule has 0 amide bonds. The van der Waals surface area contributed by atoms with Gasteiger partial charge in [0.1, 0.15) is 0 Å². The highest BCUT2D eigenvalue weighted by molar-refractivity contribution is 5.09. The molecule has 0 spiro atoms. The molecule has 0 aliphatic carbocycles. The molecule has 0 aromatic heterocycles. The minimum Gasteiger partial charge on any atom is -0.419 e. The average molecular weight is 294 g/mol. The van der Waals surface area contributed by atoms with Crippen molar-refractivity contribution in [3.05, 3.63) is 11.8 Å². The van der Waals surface area contributed by atoms with Crippen LogP contribution in [-0.2, 0) is 9.47 Å². The van der Waals surface area contributed by atoms with Gasteiger partial charge in [-0.15, -0.1) is 0 Å². The van der Waals surface area contributed by atoms with Crippen molar-refractivity contribution in [1.82, 2.24) is 0 Å². The van der Waals surface area contributed by atoms with Gasteiger partial charge in [-0.1, -0.05) is 0 Å². The summed E-state index contributed by atoms with van der Waals surface area (Å²) in [6.07, 6.45) is -19.0. The molecule has 0 radical (unpaired) electrons. The summed E-state index contributed by atoms with van der Waals surface area (Å²) < 4.78 is 127. The molecular formula is C6F10O2. The quantitative estimate of drug-likeness (QED) is 0.636. The van der Waals surface area contributed by atoms with Gasteiger partial charge in [0, 0.05) is 0 Å². The normalized spacial score (nSPS) is 23.9. The number of hydrogen-bond donors (Lipinski definition) is 0. The zero-order chi connectivity index (χ0) is 14.6. The molecule has 0 aromatic rings. The highest BCUT2D eigenvalue weighted by atomic mass is 19.4. The van der Waals surface area contributed by atoms with Crippen molar-refractivity contribution in [2.75, 3.05) is 0 Å². The van der Waals surface area contributed by atoms with Gasteiger partial charge in [0.05, 0.1) is 0 Å². The maximum absolute atomic E-state index is 12.4. The van der Waals surface area contributed by atoms with Crippen LogP contribution in [0, 0.1) is 0 Å². The van der Waals surface area contributed by atoms with E-state index in [2.05, 4.69) is 9.47 Å². The van der Waals surface area contributed by atoms with Crippen LogP contribution in [0.4, 0.5) is 43.9 Å². The first-order valence-corrected chi connectivity index (χ1v) is 3.71. The second kappa shape index (κ2) is 3.65. The Labute approximate surface area is 90.8 Å². The Morgan fingerprint density at radius 3 is 1.50 bits per heavy atom. The number of hydrogen-bond acceptors (Lipinski definition) is 2. The summed E-state index contributed by atoms with van der Waals surface area (Å²) in [5.74, 6) is -9.31. The van der Waals surface area contributed by atoms with E-state index in [1.807, 2.05) is 0 Å². The highest BCUT2D eigenvalue weighted by Crippen LogP contribution is 2.54. The fourth-order valence-electron chi connectivity index (χ4n) is 0.924. The lowest BCUT2D eigenvalue weighted by Gasteiger charge is -2.39. The zero-order valence-corrected chi connectivity index (χ0v) is 7.60. The summed E-state index contributed by atoms with van der Waals surface area (Å²) in [5, 5.41) is 0. The fraction of sp³-hybridized carbons (Fsp3) is 0.667. The van der Waals surface area contributed by atoms with E-state index < -0.39 is 36.1 Å². The summed E-state index contributed by atoms with van der Waals surface area (Å²) in [4.78, 5) is 0. The van der Waals surface area contributed by atoms with Crippen molar-refractivity contribution in [3.63, 3.8) is 0 Å². The molecule has 0 saturated heterocycles. The molecule has 1 heterocycles. The van der Waals surface area contributed by atoms with Crippen molar-refractivity contribution in [3.8, 4) is 0 Å². The predicted octanol–water partition coefficient (Wildman–Crippen LogP) is 3.55. The molecule has 0 atom stereocenters. The molecule has 1 aliphatic heterocycles.